The van der Waals surface area contributed by atoms with Crippen molar-refractivity contribution in [2.24, 2.45) is 0 Å². The Labute approximate surface area is 115 Å². The first-order chi connectivity index (χ1) is 8.84. The highest BCUT2D eigenvalue weighted by atomic mass is 32.2. The van der Waals surface area contributed by atoms with Crippen LogP contribution in [-0.2, 0) is 11.2 Å². The number of aliphatic hydroxyl groups is 1. The van der Waals surface area contributed by atoms with E-state index in [4.69, 9.17) is 0 Å². The summed E-state index contributed by atoms with van der Waals surface area (Å²) in [5.41, 5.74) is -0.593. The van der Waals surface area contributed by atoms with E-state index in [0.717, 1.165) is 12.1 Å². The number of nitrogens with one attached hydrogen (secondary N) is 1. The lowest BCUT2D eigenvalue weighted by atomic mass is 10.1. The molecule has 0 aliphatic rings. The van der Waals surface area contributed by atoms with Gasteiger partial charge < -0.3 is 10.4 Å². The number of benzene rings is 1. The van der Waals surface area contributed by atoms with Gasteiger partial charge in [-0.2, -0.15) is 11.8 Å². The fraction of sp³-hybridized carbons (Fsp3) is 0.462. The fourth-order valence-corrected chi connectivity index (χ4v) is 2.27. The van der Waals surface area contributed by atoms with Crippen LogP contribution in [0.4, 0.5) is 8.78 Å². The molecule has 0 fully saturated rings. The SMILES string of the molecule is CSCC(C)(O)CNC(=O)Cc1ccc(F)c(F)c1. The van der Waals surface area contributed by atoms with E-state index in [0.29, 0.717) is 11.3 Å². The zero-order valence-corrected chi connectivity index (χ0v) is 11.7. The summed E-state index contributed by atoms with van der Waals surface area (Å²) in [5.74, 6) is -1.75. The van der Waals surface area contributed by atoms with Crippen molar-refractivity contribution in [3.63, 3.8) is 0 Å². The van der Waals surface area contributed by atoms with Gasteiger partial charge in [-0.25, -0.2) is 8.78 Å². The zero-order valence-electron chi connectivity index (χ0n) is 10.9. The predicted molar refractivity (Wildman–Crippen MR) is 72.1 cm³/mol. The van der Waals surface area contributed by atoms with Crippen LogP contribution in [0.5, 0.6) is 0 Å². The summed E-state index contributed by atoms with van der Waals surface area (Å²) in [6.07, 6.45) is 1.81. The molecule has 1 rings (SSSR count). The molecule has 0 radical (unpaired) electrons. The minimum Gasteiger partial charge on any atom is -0.387 e. The van der Waals surface area contributed by atoms with E-state index < -0.39 is 17.2 Å². The molecule has 6 heteroatoms. The second-order valence-electron chi connectivity index (χ2n) is 4.63. The normalized spacial score (nSPS) is 13.9. The molecule has 1 atom stereocenters. The molecule has 0 aromatic heterocycles. The van der Waals surface area contributed by atoms with Crippen molar-refractivity contribution < 1.29 is 18.7 Å². The Balaban J connectivity index is 2.49. The monoisotopic (exact) mass is 289 g/mol. The van der Waals surface area contributed by atoms with Crippen LogP contribution in [0.1, 0.15) is 12.5 Å². The summed E-state index contributed by atoms with van der Waals surface area (Å²) in [6, 6.07) is 3.34. The van der Waals surface area contributed by atoms with E-state index >= 15 is 0 Å². The predicted octanol–water partition coefficient (Wildman–Crippen LogP) is 1.74. The molecular formula is C13H17F2NO2S. The van der Waals surface area contributed by atoms with Crippen LogP contribution in [0.3, 0.4) is 0 Å². The Morgan fingerprint density at radius 2 is 2.11 bits per heavy atom. The molecule has 0 spiro atoms. The standard InChI is InChI=1S/C13H17F2NO2S/c1-13(18,8-19-2)7-16-12(17)6-9-3-4-10(14)11(15)5-9/h3-5,18H,6-8H2,1-2H3,(H,16,17). The molecule has 0 heterocycles. The molecule has 0 aliphatic carbocycles. The van der Waals surface area contributed by atoms with E-state index in [-0.39, 0.29) is 18.9 Å². The van der Waals surface area contributed by atoms with Crippen molar-refractivity contribution in [1.82, 2.24) is 5.32 Å². The second kappa shape index (κ2) is 6.86. The third-order valence-corrected chi connectivity index (χ3v) is 3.38. The van der Waals surface area contributed by atoms with Crippen LogP contribution in [0.25, 0.3) is 0 Å². The van der Waals surface area contributed by atoms with E-state index in [1.807, 2.05) is 6.26 Å². The summed E-state index contributed by atoms with van der Waals surface area (Å²) in [5, 5.41) is 12.4. The van der Waals surface area contributed by atoms with Gasteiger partial charge in [-0.05, 0) is 30.9 Å². The lowest BCUT2D eigenvalue weighted by molar-refractivity contribution is -0.121. The van der Waals surface area contributed by atoms with Crippen molar-refractivity contribution >= 4 is 17.7 Å². The number of hydrogen-bond acceptors (Lipinski definition) is 3. The van der Waals surface area contributed by atoms with Crippen molar-refractivity contribution in [2.75, 3.05) is 18.6 Å². The van der Waals surface area contributed by atoms with Gasteiger partial charge in [0.1, 0.15) is 0 Å². The van der Waals surface area contributed by atoms with Gasteiger partial charge in [0, 0.05) is 12.3 Å². The van der Waals surface area contributed by atoms with Gasteiger partial charge in [-0.1, -0.05) is 6.07 Å². The Hall–Kier alpha value is -1.14. The molecule has 1 aromatic rings. The first-order valence-corrected chi connectivity index (χ1v) is 7.15. The van der Waals surface area contributed by atoms with Gasteiger partial charge in [0.25, 0.3) is 0 Å². The highest BCUT2D eigenvalue weighted by Gasteiger charge is 2.20. The van der Waals surface area contributed by atoms with Gasteiger partial charge in [0.15, 0.2) is 11.6 Å². The summed E-state index contributed by atoms with van der Waals surface area (Å²) in [4.78, 5) is 11.6. The number of amides is 1. The second-order valence-corrected chi connectivity index (χ2v) is 5.50. The summed E-state index contributed by atoms with van der Waals surface area (Å²) in [7, 11) is 0. The van der Waals surface area contributed by atoms with Crippen molar-refractivity contribution in [3.8, 4) is 0 Å². The molecule has 0 aliphatic heterocycles. The molecule has 3 nitrogen and oxygen atoms in total. The van der Waals surface area contributed by atoms with E-state index in [1.165, 1.54) is 17.8 Å². The van der Waals surface area contributed by atoms with Gasteiger partial charge in [0.2, 0.25) is 5.91 Å². The summed E-state index contributed by atoms with van der Waals surface area (Å²) in [6.45, 7) is 1.75. The topological polar surface area (TPSA) is 49.3 Å². The Morgan fingerprint density at radius 3 is 2.68 bits per heavy atom. The largest absolute Gasteiger partial charge is 0.387 e. The van der Waals surface area contributed by atoms with Crippen LogP contribution < -0.4 is 5.32 Å². The Morgan fingerprint density at radius 1 is 1.42 bits per heavy atom. The summed E-state index contributed by atoms with van der Waals surface area (Å²) >= 11 is 1.48. The van der Waals surface area contributed by atoms with Crippen LogP contribution in [0.2, 0.25) is 0 Å². The van der Waals surface area contributed by atoms with Crippen molar-refractivity contribution in [1.29, 1.82) is 0 Å². The molecule has 1 unspecified atom stereocenters. The summed E-state index contributed by atoms with van der Waals surface area (Å²) < 4.78 is 25.7. The highest BCUT2D eigenvalue weighted by Crippen LogP contribution is 2.11. The number of hydrogen-bond donors (Lipinski definition) is 2. The molecule has 19 heavy (non-hydrogen) atoms. The third kappa shape index (κ3) is 5.57. The maximum Gasteiger partial charge on any atom is 0.224 e. The average molecular weight is 289 g/mol. The van der Waals surface area contributed by atoms with E-state index in [9.17, 15) is 18.7 Å². The first-order valence-electron chi connectivity index (χ1n) is 5.76. The number of carbonyl (C=O) groups is 1. The van der Waals surface area contributed by atoms with Gasteiger partial charge in [-0.15, -0.1) is 0 Å². The molecule has 0 bridgehead atoms. The molecular weight excluding hydrogens is 272 g/mol. The van der Waals surface area contributed by atoms with Gasteiger partial charge >= 0.3 is 0 Å². The molecule has 106 valence electrons. The van der Waals surface area contributed by atoms with Crippen molar-refractivity contribution in [2.45, 2.75) is 18.9 Å². The number of carbonyl (C=O) groups excluding carboxylic acids is 1. The molecule has 1 amide bonds. The quantitative estimate of drug-likeness (QED) is 0.838. The smallest absolute Gasteiger partial charge is 0.224 e. The Kier molecular flexibility index (Phi) is 5.75. The maximum absolute atomic E-state index is 13.0. The van der Waals surface area contributed by atoms with Gasteiger partial charge in [-0.3, -0.25) is 4.79 Å². The minimum absolute atomic E-state index is 0.0491. The molecule has 0 saturated carbocycles. The van der Waals surface area contributed by atoms with E-state index in [2.05, 4.69) is 5.32 Å². The first kappa shape index (κ1) is 15.9. The lowest BCUT2D eigenvalue weighted by Gasteiger charge is -2.22. The molecule has 0 saturated heterocycles. The molecule has 1 aromatic carbocycles. The number of thioether (sulfide) groups is 1. The minimum atomic E-state index is -0.983. The number of rotatable bonds is 6. The van der Waals surface area contributed by atoms with Crippen molar-refractivity contribution in [3.05, 3.63) is 35.4 Å². The highest BCUT2D eigenvalue weighted by molar-refractivity contribution is 7.98. The van der Waals surface area contributed by atoms with Crippen LogP contribution in [-0.4, -0.2) is 35.2 Å². The lowest BCUT2D eigenvalue weighted by Crippen LogP contribution is -2.42. The van der Waals surface area contributed by atoms with Gasteiger partial charge in [0.05, 0.1) is 12.0 Å². The third-order valence-electron chi connectivity index (χ3n) is 2.47. The maximum atomic E-state index is 13.0. The van der Waals surface area contributed by atoms with Crippen LogP contribution >= 0.6 is 11.8 Å². The Bertz CT molecular complexity index is 452. The fourth-order valence-electron chi connectivity index (χ4n) is 1.55. The molecule has 2 N–H and O–H groups in total. The van der Waals surface area contributed by atoms with E-state index in [1.54, 1.807) is 6.92 Å². The zero-order chi connectivity index (χ0) is 14.5. The number of halogens is 2. The van der Waals surface area contributed by atoms with Crippen LogP contribution in [0.15, 0.2) is 18.2 Å². The van der Waals surface area contributed by atoms with Crippen LogP contribution in [0, 0.1) is 11.6 Å². The average Bonchev–Trinajstić information content (AvgIpc) is 2.32.